The molecule has 136 valence electrons. The summed E-state index contributed by atoms with van der Waals surface area (Å²) in [7, 11) is 0. The van der Waals surface area contributed by atoms with E-state index in [9.17, 15) is 26.3 Å². The van der Waals surface area contributed by atoms with Crippen LogP contribution in [-0.4, -0.2) is 23.2 Å². The van der Waals surface area contributed by atoms with Gasteiger partial charge in [0.2, 0.25) is 0 Å². The Morgan fingerprint density at radius 3 is 1.56 bits per heavy atom. The van der Waals surface area contributed by atoms with E-state index in [1.54, 1.807) is 24.3 Å². The van der Waals surface area contributed by atoms with Crippen LogP contribution in [-0.2, 0) is 6.42 Å². The van der Waals surface area contributed by atoms with Crippen molar-refractivity contribution in [2.24, 2.45) is 0 Å². The quantitative estimate of drug-likeness (QED) is 0.435. The molecule has 0 aliphatic rings. The van der Waals surface area contributed by atoms with E-state index in [0.717, 1.165) is 23.0 Å². The van der Waals surface area contributed by atoms with Crippen LogP contribution in [0.2, 0.25) is 0 Å². The molecular formula is C16H14F6N2O. The smallest absolute Gasteiger partial charge is 0.399 e. The Hall–Kier alpha value is -2.42. The largest absolute Gasteiger partial charge is 0.446 e. The zero-order valence-electron chi connectivity index (χ0n) is 12.6. The Morgan fingerprint density at radius 2 is 1.16 bits per heavy atom. The third-order valence-corrected chi connectivity index (χ3v) is 3.49. The van der Waals surface area contributed by atoms with Crippen molar-refractivity contribution in [2.75, 3.05) is 11.1 Å². The van der Waals surface area contributed by atoms with Crippen molar-refractivity contribution in [3.8, 4) is 0 Å². The molecule has 0 aromatic heterocycles. The zero-order chi connectivity index (χ0) is 18.9. The molecule has 0 saturated heterocycles. The molecule has 0 saturated carbocycles. The lowest BCUT2D eigenvalue weighted by Gasteiger charge is -2.33. The SMILES string of the molecule is Nc1ccc(Cc2ccc(NC(O)(C(F)(F)F)C(F)(F)F)cc2)cc1. The molecule has 9 heteroatoms. The summed E-state index contributed by atoms with van der Waals surface area (Å²) in [5.74, 6) is 0. The first kappa shape index (κ1) is 18.9. The molecule has 0 bridgehead atoms. The summed E-state index contributed by atoms with van der Waals surface area (Å²) in [6.45, 7) is 0. The molecule has 2 rings (SSSR count). The van der Waals surface area contributed by atoms with E-state index in [1.165, 1.54) is 12.1 Å². The molecule has 0 spiro atoms. The lowest BCUT2D eigenvalue weighted by atomic mass is 10.0. The van der Waals surface area contributed by atoms with E-state index in [-0.39, 0.29) is 0 Å². The highest BCUT2D eigenvalue weighted by atomic mass is 19.4. The number of benzene rings is 2. The minimum atomic E-state index is -5.94. The average molecular weight is 364 g/mol. The van der Waals surface area contributed by atoms with Crippen LogP contribution in [0.15, 0.2) is 48.5 Å². The van der Waals surface area contributed by atoms with Gasteiger partial charge in [-0.25, -0.2) is 0 Å². The summed E-state index contributed by atoms with van der Waals surface area (Å²) in [5, 5.41) is 10.2. The number of nitrogens with two attached hydrogens (primary N) is 1. The maximum absolute atomic E-state index is 12.6. The van der Waals surface area contributed by atoms with Crippen LogP contribution in [0.25, 0.3) is 0 Å². The number of alkyl halides is 6. The molecule has 4 N–H and O–H groups in total. The number of nitrogens with one attached hydrogen (secondary N) is 1. The molecule has 0 atom stereocenters. The summed E-state index contributed by atoms with van der Waals surface area (Å²) in [6.07, 6.45) is -11.5. The topological polar surface area (TPSA) is 58.3 Å². The Bertz CT molecular complexity index is 693. The van der Waals surface area contributed by atoms with E-state index < -0.39 is 23.8 Å². The zero-order valence-corrected chi connectivity index (χ0v) is 12.6. The van der Waals surface area contributed by atoms with Gasteiger partial charge in [0, 0.05) is 11.4 Å². The molecule has 3 nitrogen and oxygen atoms in total. The summed E-state index contributed by atoms with van der Waals surface area (Å²) in [5.41, 5.74) is 2.12. The number of hydrogen-bond acceptors (Lipinski definition) is 3. The first-order chi connectivity index (χ1) is 11.4. The van der Waals surface area contributed by atoms with Gasteiger partial charge in [0.1, 0.15) is 0 Å². The average Bonchev–Trinajstić information content (AvgIpc) is 2.49. The predicted molar refractivity (Wildman–Crippen MR) is 80.8 cm³/mol. The van der Waals surface area contributed by atoms with Crippen molar-refractivity contribution in [2.45, 2.75) is 24.5 Å². The van der Waals surface area contributed by atoms with Crippen molar-refractivity contribution >= 4 is 11.4 Å². The van der Waals surface area contributed by atoms with E-state index in [2.05, 4.69) is 0 Å². The standard InChI is InChI=1S/C16H14F6N2O/c17-15(18,19)14(25,16(20,21)22)24-13-7-3-11(4-8-13)9-10-1-5-12(23)6-2-10/h1-8,24-25H,9,23H2. The Balaban J connectivity index is 2.17. The van der Waals surface area contributed by atoms with Gasteiger partial charge in [0.05, 0.1) is 0 Å². The van der Waals surface area contributed by atoms with Crippen molar-refractivity contribution in [1.29, 1.82) is 0 Å². The fraction of sp³-hybridized carbons (Fsp3) is 0.250. The second-order valence-corrected chi connectivity index (χ2v) is 5.45. The number of halogens is 6. The van der Waals surface area contributed by atoms with Gasteiger partial charge in [0.25, 0.3) is 0 Å². The van der Waals surface area contributed by atoms with Gasteiger partial charge in [-0.1, -0.05) is 24.3 Å². The van der Waals surface area contributed by atoms with E-state index in [0.29, 0.717) is 17.7 Å². The minimum Gasteiger partial charge on any atom is -0.399 e. The Morgan fingerprint density at radius 1 is 0.760 bits per heavy atom. The first-order valence-electron chi connectivity index (χ1n) is 7.00. The lowest BCUT2D eigenvalue weighted by molar-refractivity contribution is -0.356. The molecule has 2 aromatic rings. The van der Waals surface area contributed by atoms with Crippen LogP contribution in [0.1, 0.15) is 11.1 Å². The van der Waals surface area contributed by atoms with E-state index >= 15 is 0 Å². The summed E-state index contributed by atoms with van der Waals surface area (Å²) in [6, 6.07) is 11.7. The Labute approximate surface area is 139 Å². The number of rotatable bonds is 4. The summed E-state index contributed by atoms with van der Waals surface area (Å²) >= 11 is 0. The third kappa shape index (κ3) is 4.16. The second kappa shape index (κ2) is 6.47. The number of aliphatic hydroxyl groups is 1. The van der Waals surface area contributed by atoms with Crippen molar-refractivity contribution in [3.63, 3.8) is 0 Å². The monoisotopic (exact) mass is 364 g/mol. The van der Waals surface area contributed by atoms with Gasteiger partial charge in [0.15, 0.2) is 0 Å². The molecule has 0 radical (unpaired) electrons. The number of nitrogen functional groups attached to an aromatic ring is 1. The highest BCUT2D eigenvalue weighted by Crippen LogP contribution is 2.43. The van der Waals surface area contributed by atoms with Gasteiger partial charge in [-0.05, 0) is 41.8 Å². The molecule has 0 aliphatic heterocycles. The van der Waals surface area contributed by atoms with Gasteiger partial charge in [-0.15, -0.1) is 0 Å². The van der Waals surface area contributed by atoms with Crippen LogP contribution in [0.5, 0.6) is 0 Å². The molecular weight excluding hydrogens is 350 g/mol. The summed E-state index contributed by atoms with van der Waals surface area (Å²) in [4.78, 5) is 0. The summed E-state index contributed by atoms with van der Waals surface area (Å²) < 4.78 is 75.9. The Kier molecular flexibility index (Phi) is 4.90. The van der Waals surface area contributed by atoms with Crippen LogP contribution in [0, 0.1) is 0 Å². The molecule has 0 unspecified atom stereocenters. The lowest BCUT2D eigenvalue weighted by Crippen LogP contribution is -2.62. The highest BCUT2D eigenvalue weighted by molar-refractivity contribution is 5.48. The van der Waals surface area contributed by atoms with Crippen molar-refractivity contribution < 1.29 is 31.4 Å². The van der Waals surface area contributed by atoms with Crippen molar-refractivity contribution in [3.05, 3.63) is 59.7 Å². The van der Waals surface area contributed by atoms with Crippen LogP contribution in [0.4, 0.5) is 37.7 Å². The predicted octanol–water partition coefficient (Wildman–Crippen LogP) is 4.08. The maximum Gasteiger partial charge on any atom is 0.446 e. The van der Waals surface area contributed by atoms with Crippen LogP contribution >= 0.6 is 0 Å². The van der Waals surface area contributed by atoms with E-state index in [1.807, 2.05) is 0 Å². The molecule has 0 aliphatic carbocycles. The van der Waals surface area contributed by atoms with Crippen LogP contribution < -0.4 is 11.1 Å². The normalized spacial score (nSPS) is 12.9. The van der Waals surface area contributed by atoms with Gasteiger partial charge < -0.3 is 16.2 Å². The van der Waals surface area contributed by atoms with Gasteiger partial charge in [-0.3, -0.25) is 0 Å². The third-order valence-electron chi connectivity index (χ3n) is 3.49. The fourth-order valence-electron chi connectivity index (χ4n) is 2.09. The first-order valence-corrected chi connectivity index (χ1v) is 7.00. The van der Waals surface area contributed by atoms with Crippen LogP contribution in [0.3, 0.4) is 0 Å². The van der Waals surface area contributed by atoms with Gasteiger partial charge in [-0.2, -0.15) is 26.3 Å². The highest BCUT2D eigenvalue weighted by Gasteiger charge is 2.71. The minimum absolute atomic E-state index is 0.420. The molecule has 0 heterocycles. The maximum atomic E-state index is 12.6. The molecule has 0 fully saturated rings. The van der Waals surface area contributed by atoms with Gasteiger partial charge >= 0.3 is 18.1 Å². The molecule has 0 amide bonds. The van der Waals surface area contributed by atoms with E-state index in [4.69, 9.17) is 10.8 Å². The second-order valence-electron chi connectivity index (χ2n) is 5.45. The fourth-order valence-corrected chi connectivity index (χ4v) is 2.09. The number of hydrogen-bond donors (Lipinski definition) is 3. The molecule has 25 heavy (non-hydrogen) atoms. The van der Waals surface area contributed by atoms with Crippen molar-refractivity contribution in [1.82, 2.24) is 0 Å². The number of anilines is 2. The molecule has 2 aromatic carbocycles.